The summed E-state index contributed by atoms with van der Waals surface area (Å²) in [5.74, 6) is -2.27. The first-order valence-corrected chi connectivity index (χ1v) is 7.88. The number of carbonyl (C=O) groups is 1. The Morgan fingerprint density at radius 3 is 2.57 bits per heavy atom. The maximum absolute atomic E-state index is 13.5. The van der Waals surface area contributed by atoms with Crippen molar-refractivity contribution in [2.45, 2.75) is 44.9 Å². The molecule has 0 aliphatic carbocycles. The number of benzene rings is 1. The van der Waals surface area contributed by atoms with E-state index in [4.69, 9.17) is 0 Å². The number of likely N-dealkylation sites (tertiary alicyclic amines) is 1. The molecule has 1 aliphatic rings. The summed E-state index contributed by atoms with van der Waals surface area (Å²) in [6.45, 7) is 3.46. The van der Waals surface area contributed by atoms with E-state index >= 15 is 0 Å². The molecule has 1 heterocycles. The summed E-state index contributed by atoms with van der Waals surface area (Å²) in [6, 6.07) is 3.77. The van der Waals surface area contributed by atoms with E-state index in [1.54, 1.807) is 0 Å². The van der Waals surface area contributed by atoms with E-state index in [-0.39, 0.29) is 11.3 Å². The predicted octanol–water partition coefficient (Wildman–Crippen LogP) is 4.19. The number of unbranched alkanes of at least 4 members (excludes halogenated alkanes) is 2. The summed E-state index contributed by atoms with van der Waals surface area (Å²) < 4.78 is 26.5. The molecule has 0 aromatic heterocycles. The van der Waals surface area contributed by atoms with Gasteiger partial charge in [0.1, 0.15) is 0 Å². The molecule has 2 nitrogen and oxygen atoms in total. The van der Waals surface area contributed by atoms with E-state index in [9.17, 15) is 13.6 Å². The number of rotatable bonds is 7. The third-order valence-corrected chi connectivity index (χ3v) is 4.08. The highest BCUT2D eigenvalue weighted by Gasteiger charge is 2.14. The molecule has 2 rings (SSSR count). The van der Waals surface area contributed by atoms with Crippen molar-refractivity contribution < 1.29 is 13.6 Å². The lowest BCUT2D eigenvalue weighted by molar-refractivity contribution is 0.0973. The molecule has 116 valence electrons. The first-order chi connectivity index (χ1) is 10.2. The van der Waals surface area contributed by atoms with Gasteiger partial charge >= 0.3 is 0 Å². The summed E-state index contributed by atoms with van der Waals surface area (Å²) in [7, 11) is 0. The van der Waals surface area contributed by atoms with Gasteiger partial charge in [-0.05, 0) is 57.5 Å². The highest BCUT2D eigenvalue weighted by molar-refractivity contribution is 5.96. The number of Topliss-reactive ketones (excluding diaryl/α,β-unsaturated/α-hetero) is 1. The molecule has 0 spiro atoms. The van der Waals surface area contributed by atoms with Crippen molar-refractivity contribution in [3.05, 3.63) is 35.4 Å². The topological polar surface area (TPSA) is 20.3 Å². The van der Waals surface area contributed by atoms with Crippen LogP contribution in [0, 0.1) is 11.6 Å². The van der Waals surface area contributed by atoms with Gasteiger partial charge in [-0.3, -0.25) is 4.79 Å². The average Bonchev–Trinajstić information content (AvgIpc) is 2.50. The monoisotopic (exact) mass is 295 g/mol. The zero-order valence-corrected chi connectivity index (χ0v) is 12.4. The molecule has 0 bridgehead atoms. The molecule has 0 amide bonds. The van der Waals surface area contributed by atoms with Crippen LogP contribution in [0.2, 0.25) is 0 Å². The number of piperidine rings is 1. The van der Waals surface area contributed by atoms with E-state index in [1.165, 1.54) is 44.5 Å². The second kappa shape index (κ2) is 8.23. The lowest BCUT2D eigenvalue weighted by Crippen LogP contribution is -2.30. The van der Waals surface area contributed by atoms with Gasteiger partial charge in [0.2, 0.25) is 0 Å². The molecule has 0 N–H and O–H groups in total. The lowest BCUT2D eigenvalue weighted by atomic mass is 10.0. The standard InChI is InChI=1S/C17H23F2NO/c18-15-9-7-8-14(17(15)19)16(21)10-3-1-4-11-20-12-5-2-6-13-20/h7-9H,1-6,10-13H2. The Morgan fingerprint density at radius 1 is 1.05 bits per heavy atom. The van der Waals surface area contributed by atoms with Crippen LogP contribution in [0.5, 0.6) is 0 Å². The smallest absolute Gasteiger partial charge is 0.169 e. The van der Waals surface area contributed by atoms with Crippen molar-refractivity contribution in [2.24, 2.45) is 0 Å². The average molecular weight is 295 g/mol. The summed E-state index contributed by atoms with van der Waals surface area (Å²) in [5.41, 5.74) is -0.119. The van der Waals surface area contributed by atoms with Gasteiger partial charge in [0.05, 0.1) is 5.56 Å². The van der Waals surface area contributed by atoms with Gasteiger partial charge < -0.3 is 4.90 Å². The van der Waals surface area contributed by atoms with Crippen LogP contribution in [-0.4, -0.2) is 30.3 Å². The molecule has 0 radical (unpaired) electrons. The first-order valence-electron chi connectivity index (χ1n) is 7.88. The lowest BCUT2D eigenvalue weighted by Gasteiger charge is -2.26. The third-order valence-electron chi connectivity index (χ3n) is 4.08. The van der Waals surface area contributed by atoms with Crippen LogP contribution in [-0.2, 0) is 0 Å². The Hall–Kier alpha value is -1.29. The van der Waals surface area contributed by atoms with Crippen LogP contribution >= 0.6 is 0 Å². The molecule has 1 fully saturated rings. The fourth-order valence-corrected chi connectivity index (χ4v) is 2.83. The molecule has 1 aromatic rings. The van der Waals surface area contributed by atoms with Crippen molar-refractivity contribution >= 4 is 5.78 Å². The number of halogens is 2. The minimum atomic E-state index is -1.02. The van der Waals surface area contributed by atoms with Crippen molar-refractivity contribution in [1.82, 2.24) is 4.90 Å². The van der Waals surface area contributed by atoms with Crippen LogP contribution < -0.4 is 0 Å². The van der Waals surface area contributed by atoms with Gasteiger partial charge in [-0.1, -0.05) is 18.9 Å². The Morgan fingerprint density at radius 2 is 1.81 bits per heavy atom. The van der Waals surface area contributed by atoms with Crippen molar-refractivity contribution in [2.75, 3.05) is 19.6 Å². The van der Waals surface area contributed by atoms with Gasteiger partial charge in [0.25, 0.3) is 0 Å². The predicted molar refractivity (Wildman–Crippen MR) is 79.4 cm³/mol. The fraction of sp³-hybridized carbons (Fsp3) is 0.588. The molecule has 1 saturated heterocycles. The fourth-order valence-electron chi connectivity index (χ4n) is 2.83. The number of carbonyl (C=O) groups excluding carboxylic acids is 1. The molecule has 21 heavy (non-hydrogen) atoms. The Labute approximate surface area is 125 Å². The summed E-state index contributed by atoms with van der Waals surface area (Å²) in [5, 5.41) is 0. The number of hydrogen-bond donors (Lipinski definition) is 0. The third kappa shape index (κ3) is 4.88. The summed E-state index contributed by atoms with van der Waals surface area (Å²) in [6.07, 6.45) is 6.97. The maximum Gasteiger partial charge on any atom is 0.169 e. The Kier molecular flexibility index (Phi) is 6.30. The second-order valence-electron chi connectivity index (χ2n) is 5.74. The van der Waals surface area contributed by atoms with Gasteiger partial charge in [-0.25, -0.2) is 8.78 Å². The highest BCUT2D eigenvalue weighted by atomic mass is 19.2. The number of hydrogen-bond acceptors (Lipinski definition) is 2. The first kappa shape index (κ1) is 16.1. The van der Waals surface area contributed by atoms with E-state index in [2.05, 4.69) is 4.90 Å². The molecular formula is C17H23F2NO. The number of nitrogens with zero attached hydrogens (tertiary/aromatic N) is 1. The van der Waals surface area contributed by atoms with E-state index in [0.717, 1.165) is 31.9 Å². The Balaban J connectivity index is 1.66. The zero-order valence-electron chi connectivity index (χ0n) is 12.4. The van der Waals surface area contributed by atoms with Crippen molar-refractivity contribution in [1.29, 1.82) is 0 Å². The van der Waals surface area contributed by atoms with Gasteiger partial charge in [0.15, 0.2) is 17.4 Å². The molecular weight excluding hydrogens is 272 g/mol. The maximum atomic E-state index is 13.5. The van der Waals surface area contributed by atoms with Crippen LogP contribution in [0.1, 0.15) is 55.3 Å². The minimum Gasteiger partial charge on any atom is -0.303 e. The van der Waals surface area contributed by atoms with Crippen LogP contribution in [0.4, 0.5) is 8.78 Å². The van der Waals surface area contributed by atoms with Gasteiger partial charge in [0, 0.05) is 6.42 Å². The molecule has 1 aliphatic heterocycles. The SMILES string of the molecule is O=C(CCCCCN1CCCCC1)c1cccc(F)c1F. The quantitative estimate of drug-likeness (QED) is 0.555. The van der Waals surface area contributed by atoms with Crippen LogP contribution in [0.3, 0.4) is 0 Å². The summed E-state index contributed by atoms with van der Waals surface area (Å²) in [4.78, 5) is 14.3. The highest BCUT2D eigenvalue weighted by Crippen LogP contribution is 2.15. The van der Waals surface area contributed by atoms with E-state index in [0.29, 0.717) is 6.42 Å². The van der Waals surface area contributed by atoms with Gasteiger partial charge in [-0.15, -0.1) is 0 Å². The molecule has 0 unspecified atom stereocenters. The largest absolute Gasteiger partial charge is 0.303 e. The van der Waals surface area contributed by atoms with E-state index in [1.807, 2.05) is 0 Å². The minimum absolute atomic E-state index is 0.119. The normalized spacial score (nSPS) is 16.1. The summed E-state index contributed by atoms with van der Waals surface area (Å²) >= 11 is 0. The van der Waals surface area contributed by atoms with E-state index < -0.39 is 11.6 Å². The van der Waals surface area contributed by atoms with Gasteiger partial charge in [-0.2, -0.15) is 0 Å². The van der Waals surface area contributed by atoms with Crippen molar-refractivity contribution in [3.8, 4) is 0 Å². The molecule has 0 atom stereocenters. The van der Waals surface area contributed by atoms with Crippen LogP contribution in [0.15, 0.2) is 18.2 Å². The van der Waals surface area contributed by atoms with Crippen molar-refractivity contribution in [3.63, 3.8) is 0 Å². The molecule has 1 aromatic carbocycles. The number of ketones is 1. The molecule has 4 heteroatoms. The molecule has 0 saturated carbocycles. The Bertz CT molecular complexity index is 470. The van der Waals surface area contributed by atoms with Crippen LogP contribution in [0.25, 0.3) is 0 Å². The second-order valence-corrected chi connectivity index (χ2v) is 5.74. The zero-order chi connectivity index (χ0) is 15.1.